The van der Waals surface area contributed by atoms with Gasteiger partial charge in [-0.25, -0.2) is 0 Å². The third kappa shape index (κ3) is 4.84. The van der Waals surface area contributed by atoms with Gasteiger partial charge >= 0.3 is 0 Å². The number of carbonyl (C=O) groups is 1. The second-order valence-electron chi connectivity index (χ2n) is 3.42. The number of hydrogen-bond acceptors (Lipinski definition) is 3. The van der Waals surface area contributed by atoms with Gasteiger partial charge in [0.05, 0.1) is 4.99 Å². The van der Waals surface area contributed by atoms with Crippen LogP contribution in [0, 0.1) is 0 Å². The highest BCUT2D eigenvalue weighted by molar-refractivity contribution is 7.80. The van der Waals surface area contributed by atoms with Gasteiger partial charge in [-0.2, -0.15) is 0 Å². The van der Waals surface area contributed by atoms with Crippen molar-refractivity contribution >= 4 is 23.1 Å². The van der Waals surface area contributed by atoms with Crippen LogP contribution in [0.15, 0.2) is 24.5 Å². The summed E-state index contributed by atoms with van der Waals surface area (Å²) in [5.74, 6) is -0.0716. The van der Waals surface area contributed by atoms with Crippen molar-refractivity contribution in [3.63, 3.8) is 0 Å². The Morgan fingerprint density at radius 3 is 2.69 bits per heavy atom. The van der Waals surface area contributed by atoms with E-state index in [1.54, 1.807) is 24.5 Å². The third-order valence-corrected chi connectivity index (χ3v) is 2.28. The Morgan fingerprint density at radius 2 is 2.06 bits per heavy atom. The van der Waals surface area contributed by atoms with Crippen molar-refractivity contribution in [2.24, 2.45) is 5.73 Å². The molecule has 1 amide bonds. The minimum atomic E-state index is -0.0716. The normalized spacial score (nSPS) is 9.75. The first-order valence-electron chi connectivity index (χ1n) is 5.16. The second-order valence-corrected chi connectivity index (χ2v) is 3.94. The van der Waals surface area contributed by atoms with Gasteiger partial charge in [-0.1, -0.05) is 12.2 Å². The summed E-state index contributed by atoms with van der Waals surface area (Å²) in [4.78, 5) is 15.9. The van der Waals surface area contributed by atoms with Crippen LogP contribution in [0.5, 0.6) is 0 Å². The van der Waals surface area contributed by atoms with E-state index >= 15 is 0 Å². The SMILES string of the molecule is NC(=S)CCCCNC(=O)c1ccncc1. The Morgan fingerprint density at radius 1 is 1.38 bits per heavy atom. The fourth-order valence-corrected chi connectivity index (χ4v) is 1.38. The summed E-state index contributed by atoms with van der Waals surface area (Å²) in [6.07, 6.45) is 5.73. The zero-order valence-corrected chi connectivity index (χ0v) is 9.80. The molecule has 0 aromatic carbocycles. The Hall–Kier alpha value is -1.49. The lowest BCUT2D eigenvalue weighted by molar-refractivity contribution is 0.0953. The average Bonchev–Trinajstić information content (AvgIpc) is 2.29. The molecule has 1 aromatic rings. The molecule has 5 heteroatoms. The number of rotatable bonds is 6. The van der Waals surface area contributed by atoms with Crippen LogP contribution in [0.2, 0.25) is 0 Å². The van der Waals surface area contributed by atoms with Gasteiger partial charge in [0.1, 0.15) is 0 Å². The second kappa shape index (κ2) is 6.90. The number of hydrogen-bond donors (Lipinski definition) is 2. The number of thiocarbonyl (C=S) groups is 1. The number of pyridine rings is 1. The molecule has 0 saturated heterocycles. The minimum absolute atomic E-state index is 0.0716. The quantitative estimate of drug-likeness (QED) is 0.577. The highest BCUT2D eigenvalue weighted by Crippen LogP contribution is 1.97. The van der Waals surface area contributed by atoms with Crippen LogP contribution in [0.25, 0.3) is 0 Å². The fourth-order valence-electron chi connectivity index (χ4n) is 1.23. The van der Waals surface area contributed by atoms with Crippen LogP contribution in [0.1, 0.15) is 29.6 Å². The number of nitrogens with one attached hydrogen (secondary N) is 1. The van der Waals surface area contributed by atoms with Crippen LogP contribution in [-0.4, -0.2) is 22.4 Å². The van der Waals surface area contributed by atoms with Crippen LogP contribution < -0.4 is 11.1 Å². The van der Waals surface area contributed by atoms with Gasteiger partial charge in [-0.3, -0.25) is 9.78 Å². The van der Waals surface area contributed by atoms with Crippen molar-refractivity contribution in [3.8, 4) is 0 Å². The van der Waals surface area contributed by atoms with E-state index in [-0.39, 0.29) is 5.91 Å². The van der Waals surface area contributed by atoms with Crippen LogP contribution in [-0.2, 0) is 0 Å². The monoisotopic (exact) mass is 237 g/mol. The predicted octanol–water partition coefficient (Wildman–Crippen LogP) is 1.27. The van der Waals surface area contributed by atoms with Crippen LogP contribution in [0.4, 0.5) is 0 Å². The van der Waals surface area contributed by atoms with E-state index < -0.39 is 0 Å². The molecule has 1 rings (SSSR count). The van der Waals surface area contributed by atoms with Crippen molar-refractivity contribution in [1.29, 1.82) is 0 Å². The number of nitrogens with two attached hydrogens (primary N) is 1. The Bertz CT molecular complexity index is 354. The van der Waals surface area contributed by atoms with Crippen molar-refractivity contribution in [1.82, 2.24) is 10.3 Å². The number of nitrogens with zero attached hydrogens (tertiary/aromatic N) is 1. The van der Waals surface area contributed by atoms with Crippen molar-refractivity contribution < 1.29 is 4.79 Å². The molecule has 16 heavy (non-hydrogen) atoms. The lowest BCUT2D eigenvalue weighted by atomic mass is 10.2. The molecule has 0 aliphatic heterocycles. The lowest BCUT2D eigenvalue weighted by Crippen LogP contribution is -2.24. The van der Waals surface area contributed by atoms with Crippen LogP contribution in [0.3, 0.4) is 0 Å². The van der Waals surface area contributed by atoms with Crippen molar-refractivity contribution in [2.75, 3.05) is 6.54 Å². The van der Waals surface area contributed by atoms with E-state index in [4.69, 9.17) is 18.0 Å². The fraction of sp³-hybridized carbons (Fsp3) is 0.364. The first kappa shape index (κ1) is 12.6. The molecule has 0 aliphatic carbocycles. The highest BCUT2D eigenvalue weighted by Gasteiger charge is 2.02. The molecule has 0 unspecified atom stereocenters. The summed E-state index contributed by atoms with van der Waals surface area (Å²) < 4.78 is 0. The molecular formula is C11H15N3OS. The molecule has 1 aromatic heterocycles. The topological polar surface area (TPSA) is 68.0 Å². The smallest absolute Gasteiger partial charge is 0.251 e. The molecule has 0 aliphatic rings. The van der Waals surface area contributed by atoms with Gasteiger partial charge in [0, 0.05) is 24.5 Å². The summed E-state index contributed by atoms with van der Waals surface area (Å²) in [5, 5.41) is 2.82. The van der Waals surface area contributed by atoms with E-state index in [9.17, 15) is 4.79 Å². The summed E-state index contributed by atoms with van der Waals surface area (Å²) >= 11 is 4.76. The molecule has 4 nitrogen and oxygen atoms in total. The van der Waals surface area contributed by atoms with E-state index in [1.807, 2.05) is 0 Å². The maximum atomic E-state index is 11.6. The molecule has 0 radical (unpaired) electrons. The molecule has 0 fully saturated rings. The van der Waals surface area contributed by atoms with Crippen molar-refractivity contribution in [2.45, 2.75) is 19.3 Å². The molecule has 1 heterocycles. The average molecular weight is 237 g/mol. The maximum absolute atomic E-state index is 11.6. The number of carbonyl (C=O) groups excluding carboxylic acids is 1. The molecule has 0 spiro atoms. The van der Waals surface area contributed by atoms with Gasteiger partial charge in [-0.15, -0.1) is 0 Å². The molecule has 3 N–H and O–H groups in total. The predicted molar refractivity (Wildman–Crippen MR) is 67.2 cm³/mol. The first-order chi connectivity index (χ1) is 7.70. The number of aromatic nitrogens is 1. The van der Waals surface area contributed by atoms with E-state index in [1.165, 1.54) is 0 Å². The van der Waals surface area contributed by atoms with E-state index in [0.717, 1.165) is 19.3 Å². The van der Waals surface area contributed by atoms with Crippen LogP contribution >= 0.6 is 12.2 Å². The summed E-state index contributed by atoms with van der Waals surface area (Å²) in [6.45, 7) is 0.643. The van der Waals surface area contributed by atoms with Gasteiger partial charge in [0.25, 0.3) is 5.91 Å². The number of amides is 1. The Kier molecular flexibility index (Phi) is 5.42. The van der Waals surface area contributed by atoms with Crippen molar-refractivity contribution in [3.05, 3.63) is 30.1 Å². The molecule has 0 bridgehead atoms. The van der Waals surface area contributed by atoms with Gasteiger partial charge < -0.3 is 11.1 Å². The zero-order valence-electron chi connectivity index (χ0n) is 8.98. The number of unbranched alkanes of at least 4 members (excludes halogenated alkanes) is 1. The molecule has 0 atom stereocenters. The highest BCUT2D eigenvalue weighted by atomic mass is 32.1. The molecule has 86 valence electrons. The van der Waals surface area contributed by atoms with E-state index in [0.29, 0.717) is 17.1 Å². The summed E-state index contributed by atoms with van der Waals surface area (Å²) in [5.41, 5.74) is 5.99. The van der Waals surface area contributed by atoms with Gasteiger partial charge in [0.2, 0.25) is 0 Å². The lowest BCUT2D eigenvalue weighted by Gasteiger charge is -2.04. The standard InChI is InChI=1S/C11H15N3OS/c12-10(16)3-1-2-6-14-11(15)9-4-7-13-8-5-9/h4-5,7-8H,1-3,6H2,(H2,12,16)(H,14,15). The first-order valence-corrected chi connectivity index (χ1v) is 5.57. The van der Waals surface area contributed by atoms with E-state index in [2.05, 4.69) is 10.3 Å². The maximum Gasteiger partial charge on any atom is 0.251 e. The Labute approximate surface area is 100 Å². The third-order valence-electron chi connectivity index (χ3n) is 2.08. The minimum Gasteiger partial charge on any atom is -0.393 e. The molecule has 0 saturated carbocycles. The Balaban J connectivity index is 2.19. The zero-order chi connectivity index (χ0) is 11.8. The largest absolute Gasteiger partial charge is 0.393 e. The summed E-state index contributed by atoms with van der Waals surface area (Å²) in [7, 11) is 0. The van der Waals surface area contributed by atoms with Gasteiger partial charge in [-0.05, 0) is 31.4 Å². The summed E-state index contributed by atoms with van der Waals surface area (Å²) in [6, 6.07) is 3.37. The molecular weight excluding hydrogens is 222 g/mol. The van der Waals surface area contributed by atoms with Gasteiger partial charge in [0.15, 0.2) is 0 Å².